The van der Waals surface area contributed by atoms with Crippen LogP contribution in [-0.4, -0.2) is 11.8 Å². The second kappa shape index (κ2) is 6.16. The van der Waals surface area contributed by atoms with E-state index < -0.39 is 11.7 Å². The van der Waals surface area contributed by atoms with Gasteiger partial charge in [0.05, 0.1) is 5.56 Å². The molecule has 0 unspecified atom stereocenters. The van der Waals surface area contributed by atoms with Crippen molar-refractivity contribution < 1.29 is 13.2 Å². The van der Waals surface area contributed by atoms with Crippen LogP contribution in [0.15, 0.2) is 24.3 Å². The fraction of sp³-hybridized carbons (Fsp3) is 0.538. The largest absolute Gasteiger partial charge is 0.416 e. The van der Waals surface area contributed by atoms with Crippen LogP contribution in [0.1, 0.15) is 24.5 Å². The van der Waals surface area contributed by atoms with E-state index in [1.807, 2.05) is 6.92 Å². The van der Waals surface area contributed by atoms with Gasteiger partial charge in [0.15, 0.2) is 0 Å². The summed E-state index contributed by atoms with van der Waals surface area (Å²) < 4.78 is 37.2. The van der Waals surface area contributed by atoms with Gasteiger partial charge in [-0.3, -0.25) is 0 Å². The lowest BCUT2D eigenvalue weighted by Gasteiger charge is -2.28. The van der Waals surface area contributed by atoms with Gasteiger partial charge >= 0.3 is 6.18 Å². The first-order chi connectivity index (χ1) is 8.37. The standard InChI is InChI=1S/C13H15Cl2F3/c1-2-12(8-14,9-15)7-10-3-5-11(6-4-10)13(16,17)18/h3-6H,2,7-9H2,1H3. The van der Waals surface area contributed by atoms with Crippen LogP contribution in [0.3, 0.4) is 0 Å². The Kier molecular flexibility index (Phi) is 5.35. The van der Waals surface area contributed by atoms with Crippen molar-refractivity contribution in [3.63, 3.8) is 0 Å². The van der Waals surface area contributed by atoms with E-state index in [0.29, 0.717) is 18.2 Å². The molecule has 102 valence electrons. The normalized spacial score (nSPS) is 12.8. The Morgan fingerprint density at radius 3 is 1.83 bits per heavy atom. The molecule has 0 heterocycles. The van der Waals surface area contributed by atoms with Crippen LogP contribution in [0.5, 0.6) is 0 Å². The average Bonchev–Trinajstić information content (AvgIpc) is 2.36. The maximum Gasteiger partial charge on any atom is 0.416 e. The quantitative estimate of drug-likeness (QED) is 0.662. The molecule has 1 aromatic rings. The van der Waals surface area contributed by atoms with Crippen molar-refractivity contribution >= 4 is 23.2 Å². The van der Waals surface area contributed by atoms with Crippen molar-refractivity contribution in [3.8, 4) is 0 Å². The second-order valence-electron chi connectivity index (χ2n) is 4.49. The fourth-order valence-electron chi connectivity index (χ4n) is 1.69. The molecule has 0 N–H and O–H groups in total. The summed E-state index contributed by atoms with van der Waals surface area (Å²) in [6.45, 7) is 1.98. The predicted molar refractivity (Wildman–Crippen MR) is 69.3 cm³/mol. The highest BCUT2D eigenvalue weighted by molar-refractivity contribution is 6.21. The fourth-order valence-corrected chi connectivity index (χ4v) is 2.54. The summed E-state index contributed by atoms with van der Waals surface area (Å²) in [5.41, 5.74) is -0.0562. The maximum atomic E-state index is 12.4. The third kappa shape index (κ3) is 3.79. The number of hydrogen-bond donors (Lipinski definition) is 0. The van der Waals surface area contributed by atoms with E-state index in [1.165, 1.54) is 12.1 Å². The molecule has 0 aliphatic carbocycles. The Hall–Kier alpha value is -0.410. The SMILES string of the molecule is CCC(CCl)(CCl)Cc1ccc(C(F)(F)F)cc1. The van der Waals surface area contributed by atoms with Crippen LogP contribution in [0.2, 0.25) is 0 Å². The molecule has 0 fully saturated rings. The molecular weight excluding hydrogens is 284 g/mol. The molecule has 0 aliphatic rings. The Morgan fingerprint density at radius 1 is 1.00 bits per heavy atom. The zero-order valence-corrected chi connectivity index (χ0v) is 11.5. The highest BCUT2D eigenvalue weighted by Crippen LogP contribution is 2.32. The Balaban J connectivity index is 2.86. The number of alkyl halides is 5. The molecule has 0 aromatic heterocycles. The van der Waals surface area contributed by atoms with Crippen molar-refractivity contribution in [2.24, 2.45) is 5.41 Å². The van der Waals surface area contributed by atoms with Crippen molar-refractivity contribution in [3.05, 3.63) is 35.4 Å². The van der Waals surface area contributed by atoms with Gasteiger partial charge in [0, 0.05) is 17.2 Å². The molecule has 18 heavy (non-hydrogen) atoms. The third-order valence-electron chi connectivity index (χ3n) is 3.18. The molecule has 5 heteroatoms. The first-order valence-corrected chi connectivity index (χ1v) is 6.72. The first kappa shape index (κ1) is 15.6. The predicted octanol–water partition coefficient (Wildman–Crippen LogP) is 5.12. The summed E-state index contributed by atoms with van der Waals surface area (Å²) in [5.74, 6) is 0.794. The van der Waals surface area contributed by atoms with E-state index in [0.717, 1.165) is 24.1 Å². The molecule has 0 amide bonds. The summed E-state index contributed by atoms with van der Waals surface area (Å²) in [7, 11) is 0. The highest BCUT2D eigenvalue weighted by atomic mass is 35.5. The molecule has 0 atom stereocenters. The van der Waals surface area contributed by atoms with Gasteiger partial charge in [0.1, 0.15) is 0 Å². The lowest BCUT2D eigenvalue weighted by atomic mass is 9.83. The molecule has 1 rings (SSSR count). The van der Waals surface area contributed by atoms with E-state index in [9.17, 15) is 13.2 Å². The van der Waals surface area contributed by atoms with Gasteiger partial charge in [0.25, 0.3) is 0 Å². The van der Waals surface area contributed by atoms with Crippen LogP contribution >= 0.6 is 23.2 Å². The van der Waals surface area contributed by atoms with Crippen LogP contribution in [0, 0.1) is 5.41 Å². The van der Waals surface area contributed by atoms with Crippen molar-refractivity contribution in [1.29, 1.82) is 0 Å². The van der Waals surface area contributed by atoms with E-state index >= 15 is 0 Å². The summed E-state index contributed by atoms with van der Waals surface area (Å²) >= 11 is 11.8. The summed E-state index contributed by atoms with van der Waals surface area (Å²) in [5, 5.41) is 0. The van der Waals surface area contributed by atoms with Crippen LogP contribution in [0.25, 0.3) is 0 Å². The summed E-state index contributed by atoms with van der Waals surface area (Å²) in [6, 6.07) is 5.18. The van der Waals surface area contributed by atoms with Gasteiger partial charge in [-0.25, -0.2) is 0 Å². The number of halogens is 5. The van der Waals surface area contributed by atoms with E-state index in [-0.39, 0.29) is 5.41 Å². The molecule has 0 spiro atoms. The minimum absolute atomic E-state index is 0.247. The molecule has 0 saturated carbocycles. The molecule has 0 aliphatic heterocycles. The Bertz CT molecular complexity index is 359. The van der Waals surface area contributed by atoms with Gasteiger partial charge in [0.2, 0.25) is 0 Å². The molecule has 0 bridgehead atoms. The molecule has 0 nitrogen and oxygen atoms in total. The van der Waals surface area contributed by atoms with Gasteiger partial charge < -0.3 is 0 Å². The van der Waals surface area contributed by atoms with Crippen LogP contribution < -0.4 is 0 Å². The minimum atomic E-state index is -4.29. The van der Waals surface area contributed by atoms with E-state index in [1.54, 1.807) is 0 Å². The van der Waals surface area contributed by atoms with Crippen LogP contribution in [-0.2, 0) is 12.6 Å². The summed E-state index contributed by atoms with van der Waals surface area (Å²) in [6.07, 6.45) is -2.91. The molecular formula is C13H15Cl2F3. The lowest BCUT2D eigenvalue weighted by molar-refractivity contribution is -0.137. The second-order valence-corrected chi connectivity index (χ2v) is 5.03. The third-order valence-corrected chi connectivity index (χ3v) is 4.31. The van der Waals surface area contributed by atoms with Gasteiger partial charge in [-0.2, -0.15) is 13.2 Å². The first-order valence-electron chi connectivity index (χ1n) is 5.65. The average molecular weight is 299 g/mol. The topological polar surface area (TPSA) is 0 Å². The van der Waals surface area contributed by atoms with Gasteiger partial charge in [-0.05, 0) is 30.5 Å². The maximum absolute atomic E-state index is 12.4. The smallest absolute Gasteiger partial charge is 0.166 e. The monoisotopic (exact) mass is 298 g/mol. The lowest BCUT2D eigenvalue weighted by Crippen LogP contribution is -2.27. The van der Waals surface area contributed by atoms with Gasteiger partial charge in [-0.15, -0.1) is 23.2 Å². The number of rotatable bonds is 5. The van der Waals surface area contributed by atoms with Gasteiger partial charge in [-0.1, -0.05) is 19.1 Å². The number of benzene rings is 1. The van der Waals surface area contributed by atoms with E-state index in [2.05, 4.69) is 0 Å². The van der Waals surface area contributed by atoms with Crippen molar-refractivity contribution in [2.45, 2.75) is 25.9 Å². The van der Waals surface area contributed by atoms with E-state index in [4.69, 9.17) is 23.2 Å². The zero-order chi connectivity index (χ0) is 13.8. The summed E-state index contributed by atoms with van der Waals surface area (Å²) in [4.78, 5) is 0. The zero-order valence-electron chi connectivity index (χ0n) is 10.0. The molecule has 0 saturated heterocycles. The van der Waals surface area contributed by atoms with Crippen molar-refractivity contribution in [1.82, 2.24) is 0 Å². The van der Waals surface area contributed by atoms with Crippen molar-refractivity contribution in [2.75, 3.05) is 11.8 Å². The Labute approximate surface area is 115 Å². The molecule has 0 radical (unpaired) electrons. The molecule has 1 aromatic carbocycles. The highest BCUT2D eigenvalue weighted by Gasteiger charge is 2.31. The van der Waals surface area contributed by atoms with Crippen LogP contribution in [0.4, 0.5) is 13.2 Å². The Morgan fingerprint density at radius 2 is 1.50 bits per heavy atom. The minimum Gasteiger partial charge on any atom is -0.166 e. The number of hydrogen-bond acceptors (Lipinski definition) is 0.